The summed E-state index contributed by atoms with van der Waals surface area (Å²) >= 11 is 0. The Bertz CT molecular complexity index is 1290. The standard InChI is InChI=1S/C25H23N5O2/c1-24(2,31-3)7-6-16-8-20-23(29-11-16)32-21-5-4-17(18-12-27-15-28-13-18)9-19(21)25(20)10-22(26)30-14-25/h4-5,8-13,15,30H,14,26H2,1-3H3/t25-/m0/s1. The van der Waals surface area contributed by atoms with Crippen molar-refractivity contribution in [2.45, 2.75) is 24.9 Å². The molecule has 7 nitrogen and oxygen atoms in total. The molecule has 32 heavy (non-hydrogen) atoms. The highest BCUT2D eigenvalue weighted by molar-refractivity contribution is 5.70. The van der Waals surface area contributed by atoms with Crippen LogP contribution in [0, 0.1) is 11.8 Å². The number of rotatable bonds is 2. The summed E-state index contributed by atoms with van der Waals surface area (Å²) in [6, 6.07) is 8.10. The van der Waals surface area contributed by atoms with Gasteiger partial charge in [-0.1, -0.05) is 17.9 Å². The molecule has 160 valence electrons. The highest BCUT2D eigenvalue weighted by Gasteiger charge is 2.44. The molecule has 4 heterocycles. The second-order valence-electron chi connectivity index (χ2n) is 8.41. The number of fused-ring (bicyclic) bond motifs is 4. The van der Waals surface area contributed by atoms with Gasteiger partial charge < -0.3 is 20.5 Å². The molecule has 1 spiro atoms. The zero-order valence-corrected chi connectivity index (χ0v) is 18.1. The zero-order valence-electron chi connectivity index (χ0n) is 18.1. The van der Waals surface area contributed by atoms with E-state index < -0.39 is 11.0 Å². The van der Waals surface area contributed by atoms with Crippen LogP contribution in [-0.4, -0.2) is 34.2 Å². The van der Waals surface area contributed by atoms with Gasteiger partial charge in [-0.15, -0.1) is 0 Å². The minimum Gasteiger partial charge on any atom is -0.438 e. The summed E-state index contributed by atoms with van der Waals surface area (Å²) < 4.78 is 11.6. The van der Waals surface area contributed by atoms with Crippen LogP contribution in [0.2, 0.25) is 0 Å². The maximum Gasteiger partial charge on any atom is 0.223 e. The fraction of sp³-hybridized carbons (Fsp3) is 0.240. The van der Waals surface area contributed by atoms with E-state index in [1.165, 1.54) is 6.33 Å². The van der Waals surface area contributed by atoms with Crippen molar-refractivity contribution in [3.05, 3.63) is 77.8 Å². The van der Waals surface area contributed by atoms with Gasteiger partial charge in [0.1, 0.15) is 17.7 Å². The first-order chi connectivity index (χ1) is 15.4. The molecule has 2 aliphatic heterocycles. The fourth-order valence-corrected chi connectivity index (χ4v) is 3.99. The molecule has 1 aromatic carbocycles. The number of benzene rings is 1. The van der Waals surface area contributed by atoms with Gasteiger partial charge >= 0.3 is 0 Å². The molecular weight excluding hydrogens is 402 g/mol. The number of nitrogens with one attached hydrogen (secondary N) is 1. The third-order valence-corrected chi connectivity index (χ3v) is 5.88. The number of nitrogens with zero attached hydrogens (tertiary/aromatic N) is 3. The highest BCUT2D eigenvalue weighted by atomic mass is 16.5. The molecule has 1 atom stereocenters. The maximum atomic E-state index is 6.20. The fourth-order valence-electron chi connectivity index (χ4n) is 3.99. The summed E-state index contributed by atoms with van der Waals surface area (Å²) in [7, 11) is 1.65. The minimum atomic E-state index is -0.553. The van der Waals surface area contributed by atoms with Crippen molar-refractivity contribution in [1.29, 1.82) is 0 Å². The van der Waals surface area contributed by atoms with Crippen molar-refractivity contribution < 1.29 is 9.47 Å². The van der Waals surface area contributed by atoms with Gasteiger partial charge in [-0.05, 0) is 43.7 Å². The van der Waals surface area contributed by atoms with Gasteiger partial charge in [-0.3, -0.25) is 0 Å². The average molecular weight is 425 g/mol. The lowest BCUT2D eigenvalue weighted by Crippen LogP contribution is -2.34. The van der Waals surface area contributed by atoms with Crippen molar-refractivity contribution in [3.63, 3.8) is 0 Å². The lowest BCUT2D eigenvalue weighted by atomic mass is 9.73. The van der Waals surface area contributed by atoms with Gasteiger partial charge in [0, 0.05) is 54.5 Å². The van der Waals surface area contributed by atoms with Crippen LogP contribution in [0.15, 0.2) is 61.1 Å². The maximum absolute atomic E-state index is 6.20. The van der Waals surface area contributed by atoms with Gasteiger partial charge in [-0.25, -0.2) is 15.0 Å². The topological polar surface area (TPSA) is 95.2 Å². The normalized spacial score (nSPS) is 18.5. The van der Waals surface area contributed by atoms with Crippen LogP contribution in [0.5, 0.6) is 11.6 Å². The van der Waals surface area contributed by atoms with E-state index in [0.717, 1.165) is 33.6 Å². The Kier molecular flexibility index (Phi) is 4.61. The van der Waals surface area contributed by atoms with Gasteiger partial charge in [-0.2, -0.15) is 0 Å². The summed E-state index contributed by atoms with van der Waals surface area (Å²) in [6.07, 6.45) is 8.87. The van der Waals surface area contributed by atoms with Crippen LogP contribution in [0.1, 0.15) is 30.5 Å². The smallest absolute Gasteiger partial charge is 0.223 e. The second kappa shape index (κ2) is 7.36. The number of hydrogen-bond acceptors (Lipinski definition) is 7. The van der Waals surface area contributed by atoms with Crippen molar-refractivity contribution in [2.75, 3.05) is 13.7 Å². The number of aromatic nitrogens is 3. The molecule has 2 aliphatic rings. The van der Waals surface area contributed by atoms with Crippen molar-refractivity contribution >= 4 is 0 Å². The summed E-state index contributed by atoms with van der Waals surface area (Å²) in [4.78, 5) is 12.9. The molecule has 3 aromatic rings. The molecule has 0 radical (unpaired) electrons. The van der Waals surface area contributed by atoms with E-state index in [2.05, 4.69) is 38.2 Å². The first-order valence-electron chi connectivity index (χ1n) is 10.3. The number of nitrogens with two attached hydrogens (primary N) is 1. The predicted octanol–water partition coefficient (Wildman–Crippen LogP) is 3.11. The second-order valence-corrected chi connectivity index (χ2v) is 8.41. The first kappa shape index (κ1) is 20.0. The van der Waals surface area contributed by atoms with Crippen LogP contribution < -0.4 is 15.8 Å². The SMILES string of the molecule is COC(C)(C)C#Cc1cnc2c(c1)[C@]1(C=C(N)NC1)c1cc(-c3cncnc3)ccc1O2. The molecule has 0 aliphatic carbocycles. The van der Waals surface area contributed by atoms with Crippen LogP contribution in [-0.2, 0) is 10.2 Å². The first-order valence-corrected chi connectivity index (χ1v) is 10.3. The van der Waals surface area contributed by atoms with Crippen LogP contribution in [0.4, 0.5) is 0 Å². The Morgan fingerprint density at radius 3 is 2.66 bits per heavy atom. The molecule has 0 saturated heterocycles. The minimum absolute atomic E-state index is 0.528. The molecule has 0 bridgehead atoms. The average Bonchev–Trinajstić information content (AvgIpc) is 3.21. The summed E-state index contributed by atoms with van der Waals surface area (Å²) in [6.45, 7) is 4.44. The van der Waals surface area contributed by atoms with Gasteiger partial charge in [0.2, 0.25) is 5.88 Å². The van der Waals surface area contributed by atoms with E-state index in [1.807, 2.05) is 38.1 Å². The van der Waals surface area contributed by atoms with E-state index in [9.17, 15) is 0 Å². The largest absolute Gasteiger partial charge is 0.438 e. The van der Waals surface area contributed by atoms with E-state index in [4.69, 9.17) is 15.2 Å². The lowest BCUT2D eigenvalue weighted by molar-refractivity contribution is 0.0742. The van der Waals surface area contributed by atoms with E-state index in [0.29, 0.717) is 18.2 Å². The van der Waals surface area contributed by atoms with Crippen LogP contribution in [0.25, 0.3) is 11.1 Å². The number of hydrogen-bond donors (Lipinski definition) is 2. The van der Waals surface area contributed by atoms with E-state index in [-0.39, 0.29) is 0 Å². The van der Waals surface area contributed by atoms with Crippen molar-refractivity contribution in [3.8, 4) is 34.6 Å². The molecule has 3 N–H and O–H groups in total. The molecule has 0 saturated carbocycles. The van der Waals surface area contributed by atoms with E-state index in [1.54, 1.807) is 25.7 Å². The van der Waals surface area contributed by atoms with E-state index >= 15 is 0 Å². The van der Waals surface area contributed by atoms with Crippen LogP contribution >= 0.6 is 0 Å². The Morgan fingerprint density at radius 2 is 1.94 bits per heavy atom. The van der Waals surface area contributed by atoms with Crippen molar-refractivity contribution in [2.24, 2.45) is 5.73 Å². The Hall–Kier alpha value is -3.89. The third-order valence-electron chi connectivity index (χ3n) is 5.88. The number of pyridine rings is 1. The molecular formula is C25H23N5O2. The highest BCUT2D eigenvalue weighted by Crippen LogP contribution is 2.50. The predicted molar refractivity (Wildman–Crippen MR) is 121 cm³/mol. The molecule has 0 fully saturated rings. The monoisotopic (exact) mass is 425 g/mol. The molecule has 7 heteroatoms. The summed E-state index contributed by atoms with van der Waals surface area (Å²) in [5, 5.41) is 3.28. The van der Waals surface area contributed by atoms with Gasteiger partial charge in [0.05, 0.1) is 11.2 Å². The van der Waals surface area contributed by atoms with Crippen molar-refractivity contribution in [1.82, 2.24) is 20.3 Å². The Balaban J connectivity index is 1.66. The zero-order chi connectivity index (χ0) is 22.3. The van der Waals surface area contributed by atoms with Gasteiger partial charge in [0.25, 0.3) is 0 Å². The summed E-state index contributed by atoms with van der Waals surface area (Å²) in [5.41, 5.74) is 9.75. The Labute approximate surface area is 186 Å². The molecule has 2 aromatic heterocycles. The molecule has 5 rings (SSSR count). The molecule has 0 amide bonds. The number of methoxy groups -OCH3 is 1. The summed E-state index contributed by atoms with van der Waals surface area (Å²) in [5.74, 6) is 8.25. The van der Waals surface area contributed by atoms with Gasteiger partial charge in [0.15, 0.2) is 0 Å². The van der Waals surface area contributed by atoms with Crippen LogP contribution in [0.3, 0.4) is 0 Å². The lowest BCUT2D eigenvalue weighted by Gasteiger charge is -2.35. The number of ether oxygens (including phenoxy) is 2. The third kappa shape index (κ3) is 3.35. The Morgan fingerprint density at radius 1 is 1.12 bits per heavy atom. The quantitative estimate of drug-likeness (QED) is 0.609. The molecule has 0 unspecified atom stereocenters.